The molecule has 16 heavy (non-hydrogen) atoms. The van der Waals surface area contributed by atoms with E-state index in [0.29, 0.717) is 0 Å². The Kier molecular flexibility index (Phi) is 2.86. The first kappa shape index (κ1) is 11.7. The second kappa shape index (κ2) is 3.91. The summed E-state index contributed by atoms with van der Waals surface area (Å²) in [4.78, 5) is 6.46. The van der Waals surface area contributed by atoms with Gasteiger partial charge in [0.1, 0.15) is 12.2 Å². The summed E-state index contributed by atoms with van der Waals surface area (Å²) in [7, 11) is 0. The molecule has 2 heterocycles. The predicted molar refractivity (Wildman–Crippen MR) is 46.9 cm³/mol. The molecule has 2 rings (SSSR count). The number of ether oxygens (including phenoxy) is 2. The Morgan fingerprint density at radius 2 is 2.19 bits per heavy atom. The quantitative estimate of drug-likeness (QED) is 0.109. The number of aliphatic hydroxyl groups excluding tert-OH is 3. The summed E-state index contributed by atoms with van der Waals surface area (Å²) in [5, 5.41) is 36.7. The summed E-state index contributed by atoms with van der Waals surface area (Å²) < 4.78 is 10.2. The van der Waals surface area contributed by atoms with Crippen LogP contribution in [0.1, 0.15) is 6.92 Å². The van der Waals surface area contributed by atoms with Gasteiger partial charge in [0.25, 0.3) is 6.29 Å². The summed E-state index contributed by atoms with van der Waals surface area (Å²) in [6, 6.07) is 0. The standard InChI is InChI=1S/C8H13NO7/c1-3(16-13)9-8-6(12)5(11)4(2-10)14-7(8)15-8/h4-7,10-13H,2H2,1H3/p+1/b9-3+/t4-,5-,6+,7?,8+/m1/s1. The van der Waals surface area contributed by atoms with Gasteiger partial charge in [0, 0.05) is 0 Å². The second-order valence-electron chi connectivity index (χ2n) is 3.81. The van der Waals surface area contributed by atoms with E-state index in [1.54, 1.807) is 0 Å². The molecule has 0 aliphatic carbocycles. The summed E-state index contributed by atoms with van der Waals surface area (Å²) in [6.45, 7) is 0.984. The number of epoxide rings is 1. The van der Waals surface area contributed by atoms with E-state index >= 15 is 0 Å². The van der Waals surface area contributed by atoms with Crippen LogP contribution in [0.15, 0.2) is 0 Å². The molecule has 0 spiro atoms. The number of hydrogen-bond donors (Lipinski definition) is 5. The van der Waals surface area contributed by atoms with Gasteiger partial charge in [0.15, 0.2) is 6.10 Å². The molecule has 8 heteroatoms. The molecule has 92 valence electrons. The van der Waals surface area contributed by atoms with Crippen LogP contribution in [-0.2, 0) is 14.4 Å². The van der Waals surface area contributed by atoms with E-state index in [0.717, 1.165) is 0 Å². The lowest BCUT2D eigenvalue weighted by atomic mass is 9.98. The molecule has 0 amide bonds. The van der Waals surface area contributed by atoms with Crippen molar-refractivity contribution >= 4 is 5.90 Å². The molecular formula is C8H14NO7+. The second-order valence-corrected chi connectivity index (χ2v) is 3.81. The molecule has 2 fully saturated rings. The van der Waals surface area contributed by atoms with Crippen LogP contribution in [0.3, 0.4) is 0 Å². The van der Waals surface area contributed by atoms with Crippen LogP contribution < -0.4 is 4.99 Å². The van der Waals surface area contributed by atoms with Gasteiger partial charge in [-0.3, -0.25) is 9.62 Å². The minimum atomic E-state index is -1.32. The lowest BCUT2D eigenvalue weighted by molar-refractivity contribution is -0.584. The smallest absolute Gasteiger partial charge is 0.367 e. The van der Waals surface area contributed by atoms with Crippen molar-refractivity contribution < 1.29 is 39.9 Å². The van der Waals surface area contributed by atoms with Crippen LogP contribution in [0.4, 0.5) is 0 Å². The zero-order valence-electron chi connectivity index (χ0n) is 8.53. The van der Waals surface area contributed by atoms with Crippen molar-refractivity contribution in [2.45, 2.75) is 37.3 Å². The van der Waals surface area contributed by atoms with Crippen molar-refractivity contribution in [1.29, 1.82) is 0 Å². The molecular weight excluding hydrogens is 222 g/mol. The summed E-state index contributed by atoms with van der Waals surface area (Å²) in [6.07, 6.45) is -4.28. The first-order chi connectivity index (χ1) is 7.55. The predicted octanol–water partition coefficient (Wildman–Crippen LogP) is -3.86. The molecule has 5 N–H and O–H groups in total. The zero-order valence-corrected chi connectivity index (χ0v) is 8.53. The van der Waals surface area contributed by atoms with E-state index in [-0.39, 0.29) is 5.90 Å². The molecule has 0 aromatic rings. The molecule has 2 saturated heterocycles. The summed E-state index contributed by atoms with van der Waals surface area (Å²) in [5.74, 6) is -0.000187. The average molecular weight is 236 g/mol. The van der Waals surface area contributed by atoms with E-state index in [4.69, 9.17) is 19.8 Å². The molecule has 8 nitrogen and oxygen atoms in total. The number of hydrogen-bond acceptors (Lipinski definition) is 7. The van der Waals surface area contributed by atoms with Gasteiger partial charge in [-0.25, -0.2) is 0 Å². The third kappa shape index (κ3) is 1.59. The van der Waals surface area contributed by atoms with Crippen molar-refractivity contribution in [3.05, 3.63) is 0 Å². The van der Waals surface area contributed by atoms with Crippen molar-refractivity contribution in [2.24, 2.45) is 0 Å². The van der Waals surface area contributed by atoms with Crippen molar-refractivity contribution in [3.63, 3.8) is 0 Å². The van der Waals surface area contributed by atoms with Crippen LogP contribution in [0.2, 0.25) is 0 Å². The van der Waals surface area contributed by atoms with Crippen LogP contribution in [-0.4, -0.2) is 63.4 Å². The number of nitrogens with one attached hydrogen (secondary N) is 1. The summed E-state index contributed by atoms with van der Waals surface area (Å²) in [5.41, 5.74) is -1.32. The van der Waals surface area contributed by atoms with E-state index in [1.807, 2.05) is 0 Å². The molecule has 2 aliphatic rings. The number of rotatable bonds is 2. The fourth-order valence-electron chi connectivity index (χ4n) is 1.79. The lowest BCUT2D eigenvalue weighted by Crippen LogP contribution is -2.89. The molecule has 0 radical (unpaired) electrons. The summed E-state index contributed by atoms with van der Waals surface area (Å²) >= 11 is 0. The van der Waals surface area contributed by atoms with Gasteiger partial charge < -0.3 is 20.1 Å². The first-order valence-electron chi connectivity index (χ1n) is 4.78. The highest BCUT2D eigenvalue weighted by atomic mass is 17.1. The van der Waals surface area contributed by atoms with E-state index < -0.39 is 36.9 Å². The van der Waals surface area contributed by atoms with Crippen LogP contribution in [0, 0.1) is 0 Å². The van der Waals surface area contributed by atoms with Gasteiger partial charge in [0.05, 0.1) is 13.5 Å². The van der Waals surface area contributed by atoms with E-state index in [2.05, 4.69) is 9.88 Å². The topological polar surface area (TPSA) is 126 Å². The maximum atomic E-state index is 9.81. The largest absolute Gasteiger partial charge is 0.394 e. The Morgan fingerprint density at radius 3 is 2.75 bits per heavy atom. The van der Waals surface area contributed by atoms with E-state index in [9.17, 15) is 10.2 Å². The number of aliphatic hydroxyl groups is 3. The maximum Gasteiger partial charge on any atom is 0.367 e. The zero-order chi connectivity index (χ0) is 11.9. The lowest BCUT2D eigenvalue weighted by Gasteiger charge is -2.28. The van der Waals surface area contributed by atoms with Gasteiger partial charge in [-0.05, 0) is 0 Å². The monoisotopic (exact) mass is 236 g/mol. The Morgan fingerprint density at radius 1 is 1.50 bits per heavy atom. The fourth-order valence-corrected chi connectivity index (χ4v) is 1.79. The SMILES string of the molecule is C/C(=[NH+]\[C@@]12OC1O[C@H](CO)[C@@H](O)[C@@H]2O)OO. The highest BCUT2D eigenvalue weighted by molar-refractivity contribution is 5.65. The average Bonchev–Trinajstić information content (AvgIpc) is 2.98. The molecule has 0 aromatic carbocycles. The third-order valence-corrected chi connectivity index (χ3v) is 2.73. The van der Waals surface area contributed by atoms with Crippen molar-refractivity contribution in [1.82, 2.24) is 0 Å². The van der Waals surface area contributed by atoms with E-state index in [1.165, 1.54) is 6.92 Å². The minimum absolute atomic E-state index is 0.000187. The highest BCUT2D eigenvalue weighted by Gasteiger charge is 2.76. The van der Waals surface area contributed by atoms with Gasteiger partial charge in [-0.1, -0.05) is 0 Å². The molecule has 0 bridgehead atoms. The van der Waals surface area contributed by atoms with Crippen LogP contribution in [0.5, 0.6) is 0 Å². The molecule has 1 unspecified atom stereocenters. The normalized spacial score (nSPS) is 47.4. The van der Waals surface area contributed by atoms with Crippen LogP contribution >= 0.6 is 0 Å². The molecule has 5 atom stereocenters. The Bertz CT molecular complexity index is 309. The molecule has 0 saturated carbocycles. The third-order valence-electron chi connectivity index (χ3n) is 2.73. The molecule has 2 aliphatic heterocycles. The maximum absolute atomic E-state index is 9.81. The Balaban J connectivity index is 2.17. The van der Waals surface area contributed by atoms with Crippen molar-refractivity contribution in [3.8, 4) is 0 Å². The number of fused-ring (bicyclic) bond motifs is 1. The molecule has 0 aromatic heterocycles. The van der Waals surface area contributed by atoms with Gasteiger partial charge in [-0.2, -0.15) is 10.2 Å². The van der Waals surface area contributed by atoms with Gasteiger partial charge in [0.2, 0.25) is 0 Å². The van der Waals surface area contributed by atoms with Gasteiger partial charge >= 0.3 is 11.6 Å². The Labute approximate surface area is 90.6 Å². The van der Waals surface area contributed by atoms with Crippen LogP contribution in [0.25, 0.3) is 0 Å². The Hall–Kier alpha value is -0.770. The van der Waals surface area contributed by atoms with Gasteiger partial charge in [-0.15, -0.1) is 0 Å². The minimum Gasteiger partial charge on any atom is -0.394 e. The fraction of sp³-hybridized carbons (Fsp3) is 0.875. The van der Waals surface area contributed by atoms with Crippen molar-refractivity contribution in [2.75, 3.05) is 6.61 Å². The highest BCUT2D eigenvalue weighted by Crippen LogP contribution is 2.41. The first-order valence-corrected chi connectivity index (χ1v) is 4.78.